The summed E-state index contributed by atoms with van der Waals surface area (Å²) in [5.74, 6) is 0.839. The molecule has 26 heavy (non-hydrogen) atoms. The zero-order valence-corrected chi connectivity index (χ0v) is 16.0. The molecule has 2 heterocycles. The van der Waals surface area contributed by atoms with Crippen LogP contribution in [0.15, 0.2) is 24.3 Å². The molecule has 0 radical (unpaired) electrons. The van der Waals surface area contributed by atoms with Gasteiger partial charge in [-0.1, -0.05) is 13.3 Å². The normalized spacial score (nSPS) is 31.8. The number of hydrogen-bond acceptors (Lipinski definition) is 3. The number of anilines is 1. The molecule has 142 valence electrons. The summed E-state index contributed by atoms with van der Waals surface area (Å²) in [4.78, 5) is 17.4. The minimum absolute atomic E-state index is 0.128. The molecule has 1 aromatic carbocycles. The summed E-state index contributed by atoms with van der Waals surface area (Å²) in [6, 6.07) is 8.18. The highest BCUT2D eigenvalue weighted by molar-refractivity contribution is 5.94. The first-order valence-corrected chi connectivity index (χ1v) is 10.5. The van der Waals surface area contributed by atoms with E-state index >= 15 is 0 Å². The van der Waals surface area contributed by atoms with Crippen LogP contribution in [0.1, 0.15) is 62.2 Å². The van der Waals surface area contributed by atoms with Crippen molar-refractivity contribution < 1.29 is 9.90 Å². The first-order valence-electron chi connectivity index (χ1n) is 10.5. The van der Waals surface area contributed by atoms with Crippen molar-refractivity contribution in [2.45, 2.75) is 57.5 Å². The van der Waals surface area contributed by atoms with Gasteiger partial charge < -0.3 is 14.9 Å². The maximum atomic E-state index is 13.0. The number of amides is 1. The Morgan fingerprint density at radius 3 is 2.54 bits per heavy atom. The number of benzene rings is 1. The van der Waals surface area contributed by atoms with E-state index in [-0.39, 0.29) is 11.8 Å². The molecule has 1 aromatic rings. The van der Waals surface area contributed by atoms with Gasteiger partial charge in [-0.2, -0.15) is 0 Å². The van der Waals surface area contributed by atoms with Crippen molar-refractivity contribution in [2.75, 3.05) is 31.1 Å². The maximum Gasteiger partial charge on any atom is 0.253 e. The van der Waals surface area contributed by atoms with E-state index in [9.17, 15) is 9.90 Å². The lowest BCUT2D eigenvalue weighted by molar-refractivity contribution is -0.0609. The van der Waals surface area contributed by atoms with Crippen molar-refractivity contribution in [1.82, 2.24) is 4.90 Å². The summed E-state index contributed by atoms with van der Waals surface area (Å²) in [6.45, 7) is 5.84. The van der Waals surface area contributed by atoms with Crippen molar-refractivity contribution in [3.05, 3.63) is 29.8 Å². The van der Waals surface area contributed by atoms with Crippen LogP contribution in [0.25, 0.3) is 0 Å². The van der Waals surface area contributed by atoms with Crippen LogP contribution >= 0.6 is 0 Å². The zero-order valence-electron chi connectivity index (χ0n) is 16.0. The molecule has 4 rings (SSSR count). The average Bonchev–Trinajstić information content (AvgIpc) is 3.14. The standard InChI is InChI=1S/C22H32N2O2/c1-2-22(26)12-6-7-18-15-24(16-20(18)22)21(25)17-8-10-19(11-9-17)23-13-4-3-5-14-23/h8-11,18,20,26H,2-7,12-16H2,1H3/t18-,20+,22-/m1/s1. The Bertz CT molecular complexity index is 638. The molecular weight excluding hydrogens is 324 g/mol. The lowest BCUT2D eigenvalue weighted by Gasteiger charge is -2.40. The third-order valence-corrected chi connectivity index (χ3v) is 7.05. The Hall–Kier alpha value is -1.55. The van der Waals surface area contributed by atoms with Crippen molar-refractivity contribution in [3.8, 4) is 0 Å². The van der Waals surface area contributed by atoms with E-state index in [0.717, 1.165) is 50.9 Å². The largest absolute Gasteiger partial charge is 0.390 e. The molecule has 0 bridgehead atoms. The van der Waals surface area contributed by atoms with Crippen LogP contribution in [0.5, 0.6) is 0 Å². The van der Waals surface area contributed by atoms with Crippen LogP contribution in [0, 0.1) is 11.8 Å². The summed E-state index contributed by atoms with van der Waals surface area (Å²) in [5.41, 5.74) is 1.44. The van der Waals surface area contributed by atoms with Crippen molar-refractivity contribution in [2.24, 2.45) is 11.8 Å². The molecule has 0 aromatic heterocycles. The molecule has 3 fully saturated rings. The monoisotopic (exact) mass is 356 g/mol. The Kier molecular flexibility index (Phi) is 4.96. The number of hydrogen-bond donors (Lipinski definition) is 1. The summed E-state index contributed by atoms with van der Waals surface area (Å²) in [6.07, 6.45) is 7.75. The Labute approximate surface area is 157 Å². The van der Waals surface area contributed by atoms with Gasteiger partial charge in [-0.25, -0.2) is 0 Å². The molecule has 1 saturated carbocycles. The minimum atomic E-state index is -0.573. The van der Waals surface area contributed by atoms with Gasteiger partial charge in [-0.15, -0.1) is 0 Å². The smallest absolute Gasteiger partial charge is 0.253 e. The van der Waals surface area contributed by atoms with Gasteiger partial charge in [0.2, 0.25) is 0 Å². The Balaban J connectivity index is 1.44. The molecule has 0 unspecified atom stereocenters. The fourth-order valence-corrected chi connectivity index (χ4v) is 5.38. The van der Waals surface area contributed by atoms with Crippen molar-refractivity contribution in [1.29, 1.82) is 0 Å². The van der Waals surface area contributed by atoms with Gasteiger partial charge in [0, 0.05) is 43.3 Å². The molecule has 1 N–H and O–H groups in total. The van der Waals surface area contributed by atoms with E-state index in [1.54, 1.807) is 0 Å². The fraction of sp³-hybridized carbons (Fsp3) is 0.682. The van der Waals surface area contributed by atoms with Crippen molar-refractivity contribution in [3.63, 3.8) is 0 Å². The zero-order chi connectivity index (χ0) is 18.1. The molecule has 4 heteroatoms. The molecule has 1 aliphatic carbocycles. The highest BCUT2D eigenvalue weighted by atomic mass is 16.3. The van der Waals surface area contributed by atoms with E-state index in [1.807, 2.05) is 17.0 Å². The van der Waals surface area contributed by atoms with Gasteiger partial charge in [-0.05, 0) is 68.7 Å². The highest BCUT2D eigenvalue weighted by Gasteiger charge is 2.48. The Morgan fingerprint density at radius 2 is 1.85 bits per heavy atom. The number of aliphatic hydroxyl groups is 1. The van der Waals surface area contributed by atoms with Crippen LogP contribution in [0.3, 0.4) is 0 Å². The molecule has 1 amide bonds. The molecule has 0 spiro atoms. The summed E-state index contributed by atoms with van der Waals surface area (Å²) < 4.78 is 0. The van der Waals surface area contributed by atoms with E-state index in [4.69, 9.17) is 0 Å². The SMILES string of the molecule is CC[C@@]1(O)CCC[C@@H]2CN(C(=O)c3ccc(N4CCCCC4)cc3)C[C@@H]21. The van der Waals surface area contributed by atoms with Gasteiger partial charge in [0.25, 0.3) is 5.91 Å². The molecule has 3 atom stereocenters. The quantitative estimate of drug-likeness (QED) is 0.898. The van der Waals surface area contributed by atoms with Gasteiger partial charge in [-0.3, -0.25) is 4.79 Å². The first kappa shape index (κ1) is 17.8. The number of likely N-dealkylation sites (tertiary alicyclic amines) is 1. The molecular formula is C22H32N2O2. The highest BCUT2D eigenvalue weighted by Crippen LogP contribution is 2.44. The second-order valence-electron chi connectivity index (χ2n) is 8.52. The van der Waals surface area contributed by atoms with Crippen LogP contribution in [0.2, 0.25) is 0 Å². The lowest BCUT2D eigenvalue weighted by Crippen LogP contribution is -2.44. The number of carbonyl (C=O) groups excluding carboxylic acids is 1. The van der Waals surface area contributed by atoms with Gasteiger partial charge in [0.1, 0.15) is 0 Å². The number of rotatable bonds is 3. The summed E-state index contributed by atoms with van der Waals surface area (Å²) >= 11 is 0. The molecule has 2 aliphatic heterocycles. The number of piperidine rings is 1. The van der Waals surface area contributed by atoms with E-state index < -0.39 is 5.60 Å². The fourth-order valence-electron chi connectivity index (χ4n) is 5.38. The lowest BCUT2D eigenvalue weighted by atomic mass is 9.69. The molecule has 4 nitrogen and oxygen atoms in total. The van der Waals surface area contributed by atoms with Crippen LogP contribution in [0.4, 0.5) is 5.69 Å². The van der Waals surface area contributed by atoms with Crippen molar-refractivity contribution >= 4 is 11.6 Å². The van der Waals surface area contributed by atoms with Gasteiger partial charge in [0.15, 0.2) is 0 Å². The van der Waals surface area contributed by atoms with Crippen LogP contribution in [-0.2, 0) is 0 Å². The summed E-state index contributed by atoms with van der Waals surface area (Å²) in [7, 11) is 0. The van der Waals surface area contributed by atoms with E-state index in [0.29, 0.717) is 12.5 Å². The second-order valence-corrected chi connectivity index (χ2v) is 8.52. The number of nitrogens with zero attached hydrogens (tertiary/aromatic N) is 2. The van der Waals surface area contributed by atoms with Gasteiger partial charge in [0.05, 0.1) is 5.60 Å². The van der Waals surface area contributed by atoms with E-state index in [2.05, 4.69) is 24.0 Å². The molecule has 3 aliphatic rings. The minimum Gasteiger partial charge on any atom is -0.390 e. The summed E-state index contributed by atoms with van der Waals surface area (Å²) in [5, 5.41) is 11.0. The molecule has 2 saturated heterocycles. The number of fused-ring (bicyclic) bond motifs is 1. The Morgan fingerprint density at radius 1 is 1.12 bits per heavy atom. The van der Waals surface area contributed by atoms with Crippen LogP contribution in [-0.4, -0.2) is 47.7 Å². The van der Waals surface area contributed by atoms with E-state index in [1.165, 1.54) is 24.9 Å². The number of carbonyl (C=O) groups is 1. The predicted molar refractivity (Wildman–Crippen MR) is 104 cm³/mol. The predicted octanol–water partition coefficient (Wildman–Crippen LogP) is 3.69. The average molecular weight is 357 g/mol. The third kappa shape index (κ3) is 3.24. The second kappa shape index (κ2) is 7.22. The van der Waals surface area contributed by atoms with Crippen LogP contribution < -0.4 is 4.90 Å². The topological polar surface area (TPSA) is 43.8 Å². The van der Waals surface area contributed by atoms with Gasteiger partial charge >= 0.3 is 0 Å². The third-order valence-electron chi connectivity index (χ3n) is 7.05. The maximum absolute atomic E-state index is 13.0. The first-order chi connectivity index (χ1) is 12.6.